The number of amides is 2. The number of aromatic nitrogens is 2. The molecule has 2 aromatic rings. The molecular weight excluding hydrogens is 232 g/mol. The molecule has 1 fully saturated rings. The van der Waals surface area contributed by atoms with Crippen molar-refractivity contribution < 1.29 is 9.59 Å². The van der Waals surface area contributed by atoms with E-state index in [1.165, 1.54) is 0 Å². The van der Waals surface area contributed by atoms with Crippen molar-refractivity contribution in [2.24, 2.45) is 5.92 Å². The fourth-order valence-corrected chi connectivity index (χ4v) is 1.76. The minimum absolute atomic E-state index is 0.0567. The highest BCUT2D eigenvalue weighted by atomic mass is 16.2. The van der Waals surface area contributed by atoms with Gasteiger partial charge in [-0.2, -0.15) is 5.10 Å². The van der Waals surface area contributed by atoms with E-state index in [9.17, 15) is 9.59 Å². The third kappa shape index (κ3) is 1.92. The standard InChI is InChI=1S/C12H12N4O2/c17-11(7-5-6-7)15-16-12(18)10-8-3-1-2-4-9(8)13-14-10/h1-4,7H,5-6H2,(H,13,14)(H,15,17)(H,16,18). The SMILES string of the molecule is O=C(NNC(=O)C1CC1)c1n[nH]c2ccccc12. The van der Waals surface area contributed by atoms with Crippen LogP contribution in [0, 0.1) is 5.92 Å². The summed E-state index contributed by atoms with van der Waals surface area (Å²) in [4.78, 5) is 23.2. The lowest BCUT2D eigenvalue weighted by Gasteiger charge is -2.04. The van der Waals surface area contributed by atoms with Crippen molar-refractivity contribution in [3.05, 3.63) is 30.0 Å². The van der Waals surface area contributed by atoms with Gasteiger partial charge >= 0.3 is 0 Å². The van der Waals surface area contributed by atoms with E-state index in [0.717, 1.165) is 23.7 Å². The molecule has 0 radical (unpaired) electrons. The Balaban J connectivity index is 1.73. The third-order valence-corrected chi connectivity index (χ3v) is 2.93. The quantitative estimate of drug-likeness (QED) is 0.681. The Bertz CT molecular complexity index is 615. The van der Waals surface area contributed by atoms with Gasteiger partial charge < -0.3 is 0 Å². The lowest BCUT2D eigenvalue weighted by atomic mass is 10.2. The molecule has 3 rings (SSSR count). The number of carbonyl (C=O) groups is 2. The average molecular weight is 244 g/mol. The number of para-hydroxylation sites is 1. The first kappa shape index (κ1) is 10.8. The third-order valence-electron chi connectivity index (χ3n) is 2.93. The van der Waals surface area contributed by atoms with Crippen LogP contribution in [0.5, 0.6) is 0 Å². The second-order valence-corrected chi connectivity index (χ2v) is 4.34. The first-order valence-electron chi connectivity index (χ1n) is 5.79. The highest BCUT2D eigenvalue weighted by Crippen LogP contribution is 2.28. The number of benzene rings is 1. The van der Waals surface area contributed by atoms with Crippen molar-refractivity contribution in [1.29, 1.82) is 0 Å². The normalized spacial score (nSPS) is 14.4. The van der Waals surface area contributed by atoms with E-state index in [2.05, 4.69) is 21.0 Å². The number of hydrazine groups is 1. The van der Waals surface area contributed by atoms with Gasteiger partial charge in [-0.1, -0.05) is 18.2 Å². The predicted molar refractivity (Wildman–Crippen MR) is 64.4 cm³/mol. The summed E-state index contributed by atoms with van der Waals surface area (Å²) in [6, 6.07) is 7.33. The lowest BCUT2D eigenvalue weighted by Crippen LogP contribution is -2.42. The molecule has 1 aromatic carbocycles. The molecular formula is C12H12N4O2. The molecule has 1 aliphatic rings. The fraction of sp³-hybridized carbons (Fsp3) is 0.250. The summed E-state index contributed by atoms with van der Waals surface area (Å²) >= 11 is 0. The maximum absolute atomic E-state index is 11.9. The second kappa shape index (κ2) is 4.14. The summed E-state index contributed by atoms with van der Waals surface area (Å²) in [5.41, 5.74) is 5.85. The highest BCUT2D eigenvalue weighted by Gasteiger charge is 2.30. The predicted octanol–water partition coefficient (Wildman–Crippen LogP) is 0.734. The number of hydrogen-bond acceptors (Lipinski definition) is 3. The topological polar surface area (TPSA) is 86.9 Å². The van der Waals surface area contributed by atoms with Crippen LogP contribution in [0.4, 0.5) is 0 Å². The number of fused-ring (bicyclic) bond motifs is 1. The molecule has 1 aromatic heterocycles. The number of carbonyl (C=O) groups excluding carboxylic acids is 2. The Labute approximate surface area is 103 Å². The van der Waals surface area contributed by atoms with Crippen molar-refractivity contribution in [2.75, 3.05) is 0 Å². The molecule has 0 saturated heterocycles. The van der Waals surface area contributed by atoms with Gasteiger partial charge in [0, 0.05) is 11.3 Å². The summed E-state index contributed by atoms with van der Waals surface area (Å²) in [5.74, 6) is -0.495. The highest BCUT2D eigenvalue weighted by molar-refractivity contribution is 6.05. The largest absolute Gasteiger partial charge is 0.290 e. The van der Waals surface area contributed by atoms with Gasteiger partial charge in [-0.3, -0.25) is 25.5 Å². The summed E-state index contributed by atoms with van der Waals surface area (Å²) in [6.07, 6.45) is 1.79. The van der Waals surface area contributed by atoms with Crippen LogP contribution in [-0.4, -0.2) is 22.0 Å². The molecule has 18 heavy (non-hydrogen) atoms. The van der Waals surface area contributed by atoms with Crippen LogP contribution >= 0.6 is 0 Å². The van der Waals surface area contributed by atoms with E-state index in [4.69, 9.17) is 0 Å². The molecule has 92 valence electrons. The Morgan fingerprint density at radius 3 is 2.78 bits per heavy atom. The number of nitrogens with one attached hydrogen (secondary N) is 3. The molecule has 0 unspecified atom stereocenters. The van der Waals surface area contributed by atoms with Gasteiger partial charge in [0.15, 0.2) is 5.69 Å². The van der Waals surface area contributed by atoms with Gasteiger partial charge in [0.25, 0.3) is 5.91 Å². The molecule has 6 heteroatoms. The minimum atomic E-state index is -0.415. The maximum Gasteiger partial charge on any atom is 0.290 e. The molecule has 1 saturated carbocycles. The van der Waals surface area contributed by atoms with Crippen LogP contribution in [0.1, 0.15) is 23.3 Å². The molecule has 1 aliphatic carbocycles. The van der Waals surface area contributed by atoms with Crippen molar-refractivity contribution in [3.63, 3.8) is 0 Å². The summed E-state index contributed by atoms with van der Waals surface area (Å²) in [6.45, 7) is 0. The number of rotatable bonds is 2. The van der Waals surface area contributed by atoms with Crippen LogP contribution in [0.2, 0.25) is 0 Å². The molecule has 2 amide bonds. The van der Waals surface area contributed by atoms with Gasteiger partial charge in [-0.25, -0.2) is 0 Å². The van der Waals surface area contributed by atoms with E-state index in [1.807, 2.05) is 18.2 Å². The maximum atomic E-state index is 11.9. The lowest BCUT2D eigenvalue weighted by molar-refractivity contribution is -0.123. The van der Waals surface area contributed by atoms with Crippen molar-refractivity contribution >= 4 is 22.7 Å². The van der Waals surface area contributed by atoms with Crippen LogP contribution in [0.15, 0.2) is 24.3 Å². The molecule has 1 heterocycles. The number of aromatic amines is 1. The summed E-state index contributed by atoms with van der Waals surface area (Å²) < 4.78 is 0. The van der Waals surface area contributed by atoms with Gasteiger partial charge in [-0.05, 0) is 18.9 Å². The van der Waals surface area contributed by atoms with Crippen LogP contribution in [0.3, 0.4) is 0 Å². The van der Waals surface area contributed by atoms with Crippen LogP contribution in [0.25, 0.3) is 10.9 Å². The zero-order valence-corrected chi connectivity index (χ0v) is 9.56. The van der Waals surface area contributed by atoms with Gasteiger partial charge in [-0.15, -0.1) is 0 Å². The molecule has 6 nitrogen and oxygen atoms in total. The van der Waals surface area contributed by atoms with Gasteiger partial charge in [0.05, 0.1) is 5.52 Å². The monoisotopic (exact) mass is 244 g/mol. The van der Waals surface area contributed by atoms with Crippen LogP contribution < -0.4 is 10.9 Å². The Kier molecular flexibility index (Phi) is 2.47. The van der Waals surface area contributed by atoms with E-state index in [-0.39, 0.29) is 17.5 Å². The van der Waals surface area contributed by atoms with Gasteiger partial charge in [0.2, 0.25) is 5.91 Å². The van der Waals surface area contributed by atoms with E-state index in [1.54, 1.807) is 6.07 Å². The molecule has 0 atom stereocenters. The zero-order valence-electron chi connectivity index (χ0n) is 9.56. The Morgan fingerprint density at radius 1 is 1.22 bits per heavy atom. The molecule has 0 spiro atoms. The van der Waals surface area contributed by atoms with E-state index < -0.39 is 5.91 Å². The first-order valence-corrected chi connectivity index (χ1v) is 5.79. The Morgan fingerprint density at radius 2 is 2.00 bits per heavy atom. The average Bonchev–Trinajstić information content (AvgIpc) is 3.15. The first-order chi connectivity index (χ1) is 8.75. The smallest absolute Gasteiger partial charge is 0.277 e. The Hall–Kier alpha value is -2.37. The molecule has 0 aliphatic heterocycles. The minimum Gasteiger partial charge on any atom is -0.277 e. The van der Waals surface area contributed by atoms with E-state index in [0.29, 0.717) is 0 Å². The number of nitrogens with zero attached hydrogens (tertiary/aromatic N) is 1. The molecule has 0 bridgehead atoms. The second-order valence-electron chi connectivity index (χ2n) is 4.34. The summed E-state index contributed by atoms with van der Waals surface area (Å²) in [7, 11) is 0. The fourth-order valence-electron chi connectivity index (χ4n) is 1.76. The number of H-pyrrole nitrogens is 1. The summed E-state index contributed by atoms with van der Waals surface area (Å²) in [5, 5.41) is 7.45. The number of hydrogen-bond donors (Lipinski definition) is 3. The zero-order chi connectivity index (χ0) is 12.5. The van der Waals surface area contributed by atoms with Crippen molar-refractivity contribution in [2.45, 2.75) is 12.8 Å². The van der Waals surface area contributed by atoms with Gasteiger partial charge in [0.1, 0.15) is 0 Å². The van der Waals surface area contributed by atoms with Crippen molar-refractivity contribution in [3.8, 4) is 0 Å². The van der Waals surface area contributed by atoms with Crippen molar-refractivity contribution in [1.82, 2.24) is 21.0 Å². The van der Waals surface area contributed by atoms with E-state index >= 15 is 0 Å². The van der Waals surface area contributed by atoms with Crippen LogP contribution in [-0.2, 0) is 4.79 Å². The molecule has 3 N–H and O–H groups in total.